The molecule has 0 bridgehead atoms. The molecule has 1 aromatic rings. The molecular formula is C17H29NS. The van der Waals surface area contributed by atoms with E-state index in [1.807, 2.05) is 17.8 Å². The Morgan fingerprint density at radius 3 is 2.21 bits per heavy atom. The second kappa shape index (κ2) is 10.2. The third kappa shape index (κ3) is 7.51. The number of hydrogen-bond donors (Lipinski definition) is 1. The highest BCUT2D eigenvalue weighted by Crippen LogP contribution is 2.23. The number of anilines is 1. The Balaban J connectivity index is 2.00. The quantitative estimate of drug-likeness (QED) is 0.332. The van der Waals surface area contributed by atoms with E-state index in [-0.39, 0.29) is 0 Å². The van der Waals surface area contributed by atoms with Gasteiger partial charge in [0.1, 0.15) is 0 Å². The number of unbranched alkanes of at least 4 members (excludes halogenated alkanes) is 7. The van der Waals surface area contributed by atoms with Gasteiger partial charge >= 0.3 is 0 Å². The van der Waals surface area contributed by atoms with Crippen LogP contribution in [0.4, 0.5) is 5.69 Å². The Kier molecular flexibility index (Phi) is 8.81. The summed E-state index contributed by atoms with van der Waals surface area (Å²) in [6, 6.07) is 6.36. The van der Waals surface area contributed by atoms with Gasteiger partial charge in [-0.3, -0.25) is 0 Å². The molecule has 2 heteroatoms. The van der Waals surface area contributed by atoms with Crippen LogP contribution in [0.3, 0.4) is 0 Å². The molecule has 108 valence electrons. The summed E-state index contributed by atoms with van der Waals surface area (Å²) in [6.45, 7) is 4.35. The van der Waals surface area contributed by atoms with Gasteiger partial charge in [-0.25, -0.2) is 0 Å². The molecule has 1 nitrogen and oxygen atoms in total. The molecular weight excluding hydrogens is 250 g/mol. The molecule has 19 heavy (non-hydrogen) atoms. The fourth-order valence-corrected chi connectivity index (χ4v) is 3.17. The molecule has 2 N–H and O–H groups in total. The number of nitrogen functional groups attached to an aromatic ring is 1. The highest BCUT2D eigenvalue weighted by Gasteiger charge is 1.98. The maximum Gasteiger partial charge on any atom is 0.0344 e. The maximum atomic E-state index is 5.82. The molecule has 0 radical (unpaired) electrons. The van der Waals surface area contributed by atoms with Crippen molar-refractivity contribution >= 4 is 17.4 Å². The number of benzene rings is 1. The van der Waals surface area contributed by atoms with Crippen molar-refractivity contribution in [2.75, 3.05) is 11.5 Å². The van der Waals surface area contributed by atoms with Crippen LogP contribution in [0.2, 0.25) is 0 Å². The lowest BCUT2D eigenvalue weighted by Crippen LogP contribution is -1.89. The van der Waals surface area contributed by atoms with Crippen molar-refractivity contribution in [3.8, 4) is 0 Å². The van der Waals surface area contributed by atoms with Gasteiger partial charge in [0.2, 0.25) is 0 Å². The van der Waals surface area contributed by atoms with Crippen LogP contribution in [-0.4, -0.2) is 5.75 Å². The average molecular weight is 279 g/mol. The van der Waals surface area contributed by atoms with Crippen molar-refractivity contribution in [1.29, 1.82) is 0 Å². The second-order valence-electron chi connectivity index (χ2n) is 5.34. The van der Waals surface area contributed by atoms with Gasteiger partial charge < -0.3 is 5.73 Å². The number of nitrogens with two attached hydrogens (primary N) is 1. The molecule has 0 aliphatic carbocycles. The van der Waals surface area contributed by atoms with Crippen molar-refractivity contribution in [3.05, 3.63) is 23.8 Å². The molecule has 0 spiro atoms. The predicted molar refractivity (Wildman–Crippen MR) is 88.9 cm³/mol. The van der Waals surface area contributed by atoms with E-state index < -0.39 is 0 Å². The largest absolute Gasteiger partial charge is 0.399 e. The Labute approximate surface area is 123 Å². The van der Waals surface area contributed by atoms with Crippen LogP contribution >= 0.6 is 11.8 Å². The standard InChI is InChI=1S/C17H29NS/c1-3-4-5-6-7-8-9-10-13-19-16-11-12-17(18)15(2)14-16/h11-12,14H,3-10,13,18H2,1-2H3. The fourth-order valence-electron chi connectivity index (χ4n) is 2.16. The molecule has 0 heterocycles. The summed E-state index contributed by atoms with van der Waals surface area (Å²) in [6.07, 6.45) is 11.2. The van der Waals surface area contributed by atoms with Gasteiger partial charge in [-0.2, -0.15) is 0 Å². The zero-order valence-electron chi connectivity index (χ0n) is 12.6. The average Bonchev–Trinajstić information content (AvgIpc) is 2.41. The highest BCUT2D eigenvalue weighted by atomic mass is 32.2. The molecule has 0 aliphatic heterocycles. The zero-order chi connectivity index (χ0) is 13.9. The molecule has 1 rings (SSSR count). The fraction of sp³-hybridized carbons (Fsp3) is 0.647. The van der Waals surface area contributed by atoms with Crippen LogP contribution in [0, 0.1) is 6.92 Å². The molecule has 0 saturated carbocycles. The van der Waals surface area contributed by atoms with E-state index in [0.717, 1.165) is 5.69 Å². The maximum absolute atomic E-state index is 5.82. The monoisotopic (exact) mass is 279 g/mol. The minimum atomic E-state index is 0.899. The lowest BCUT2D eigenvalue weighted by atomic mass is 10.1. The Bertz CT molecular complexity index is 349. The predicted octanol–water partition coefficient (Wildman–Crippen LogP) is 5.81. The first kappa shape index (κ1) is 16.4. The first-order valence-corrected chi connectivity index (χ1v) is 8.71. The summed E-state index contributed by atoms with van der Waals surface area (Å²) >= 11 is 1.96. The van der Waals surface area contributed by atoms with Crippen LogP contribution in [0.1, 0.15) is 63.9 Å². The first-order valence-electron chi connectivity index (χ1n) is 7.73. The number of aryl methyl sites for hydroxylation is 1. The molecule has 0 saturated heterocycles. The molecule has 0 atom stereocenters. The molecule has 0 unspecified atom stereocenters. The Morgan fingerprint density at radius 2 is 1.58 bits per heavy atom. The summed E-state index contributed by atoms with van der Waals surface area (Å²) in [7, 11) is 0. The summed E-state index contributed by atoms with van der Waals surface area (Å²) in [5, 5.41) is 0. The van der Waals surface area contributed by atoms with Crippen molar-refractivity contribution in [2.24, 2.45) is 0 Å². The van der Waals surface area contributed by atoms with Gasteiger partial charge in [-0.15, -0.1) is 11.8 Å². The highest BCUT2D eigenvalue weighted by molar-refractivity contribution is 7.99. The van der Waals surface area contributed by atoms with Crippen LogP contribution in [0.25, 0.3) is 0 Å². The molecule has 1 aromatic carbocycles. The summed E-state index contributed by atoms with van der Waals surface area (Å²) in [4.78, 5) is 1.36. The van der Waals surface area contributed by atoms with Gasteiger partial charge in [0.15, 0.2) is 0 Å². The van der Waals surface area contributed by atoms with E-state index in [1.54, 1.807) is 0 Å². The van der Waals surface area contributed by atoms with Crippen molar-refractivity contribution in [3.63, 3.8) is 0 Å². The topological polar surface area (TPSA) is 26.0 Å². The van der Waals surface area contributed by atoms with E-state index >= 15 is 0 Å². The van der Waals surface area contributed by atoms with Crippen molar-refractivity contribution in [1.82, 2.24) is 0 Å². The van der Waals surface area contributed by atoms with E-state index in [0.29, 0.717) is 0 Å². The van der Waals surface area contributed by atoms with Crippen LogP contribution in [0.15, 0.2) is 23.1 Å². The van der Waals surface area contributed by atoms with Gasteiger partial charge in [0.05, 0.1) is 0 Å². The van der Waals surface area contributed by atoms with E-state index in [4.69, 9.17) is 5.73 Å². The third-order valence-corrected chi connectivity index (χ3v) is 4.59. The minimum Gasteiger partial charge on any atom is -0.399 e. The summed E-state index contributed by atoms with van der Waals surface area (Å²) < 4.78 is 0. The van der Waals surface area contributed by atoms with Gasteiger partial charge in [-0.05, 0) is 42.9 Å². The normalized spacial score (nSPS) is 10.8. The Hall–Kier alpha value is -0.630. The van der Waals surface area contributed by atoms with Crippen LogP contribution in [0.5, 0.6) is 0 Å². The lowest BCUT2D eigenvalue weighted by molar-refractivity contribution is 0.586. The molecule has 0 aliphatic rings. The molecule has 0 aromatic heterocycles. The van der Waals surface area contributed by atoms with E-state index in [2.05, 4.69) is 26.0 Å². The van der Waals surface area contributed by atoms with Crippen LogP contribution < -0.4 is 5.73 Å². The van der Waals surface area contributed by atoms with E-state index in [1.165, 1.54) is 67.6 Å². The molecule has 0 amide bonds. The van der Waals surface area contributed by atoms with E-state index in [9.17, 15) is 0 Å². The SMILES string of the molecule is CCCCCCCCCCSc1ccc(N)c(C)c1. The zero-order valence-corrected chi connectivity index (χ0v) is 13.4. The summed E-state index contributed by atoms with van der Waals surface area (Å²) in [5.41, 5.74) is 7.92. The van der Waals surface area contributed by atoms with Crippen molar-refractivity contribution in [2.45, 2.75) is 70.1 Å². The van der Waals surface area contributed by atoms with Crippen molar-refractivity contribution < 1.29 is 0 Å². The molecule has 0 fully saturated rings. The first-order chi connectivity index (χ1) is 9.24. The summed E-state index contributed by atoms with van der Waals surface area (Å²) in [5.74, 6) is 1.23. The second-order valence-corrected chi connectivity index (χ2v) is 6.51. The third-order valence-electron chi connectivity index (χ3n) is 3.51. The van der Waals surface area contributed by atoms with Gasteiger partial charge in [0, 0.05) is 10.6 Å². The number of hydrogen-bond acceptors (Lipinski definition) is 2. The van der Waals surface area contributed by atoms with Crippen LogP contribution in [-0.2, 0) is 0 Å². The van der Waals surface area contributed by atoms with Gasteiger partial charge in [0.25, 0.3) is 0 Å². The Morgan fingerprint density at radius 1 is 0.947 bits per heavy atom. The number of thioether (sulfide) groups is 1. The minimum absolute atomic E-state index is 0.899. The number of rotatable bonds is 10. The van der Waals surface area contributed by atoms with Gasteiger partial charge in [-0.1, -0.05) is 51.9 Å². The smallest absolute Gasteiger partial charge is 0.0344 e. The lowest BCUT2D eigenvalue weighted by Gasteiger charge is -2.05.